The molecule has 3 heterocycles. The fraction of sp³-hybridized carbons (Fsp3) is 0.182. The first-order valence-electron chi connectivity index (χ1n) is 9.49. The van der Waals surface area contributed by atoms with Crippen LogP contribution in [0.5, 0.6) is 5.75 Å². The quantitative estimate of drug-likeness (QED) is 0.486. The average molecular weight is 404 g/mol. The number of benzene rings is 1. The summed E-state index contributed by atoms with van der Waals surface area (Å²) in [5.74, 6) is 1.44. The van der Waals surface area contributed by atoms with E-state index in [4.69, 9.17) is 13.7 Å². The van der Waals surface area contributed by atoms with Crippen LogP contribution < -0.4 is 10.1 Å². The van der Waals surface area contributed by atoms with Gasteiger partial charge >= 0.3 is 0 Å². The van der Waals surface area contributed by atoms with Crippen molar-refractivity contribution < 1.29 is 18.5 Å². The van der Waals surface area contributed by atoms with Crippen LogP contribution in [-0.2, 0) is 13.0 Å². The van der Waals surface area contributed by atoms with Gasteiger partial charge in [0.25, 0.3) is 5.91 Å². The van der Waals surface area contributed by atoms with Crippen molar-refractivity contribution in [3.05, 3.63) is 77.5 Å². The second-order valence-corrected chi connectivity index (χ2v) is 6.55. The zero-order chi connectivity index (χ0) is 20.9. The number of carbonyl (C=O) groups is 1. The highest BCUT2D eigenvalue weighted by atomic mass is 16.5. The maximum absolute atomic E-state index is 12.7. The number of furan rings is 1. The molecule has 3 aromatic heterocycles. The zero-order valence-electron chi connectivity index (χ0n) is 16.6. The number of ether oxygens (including phenoxy) is 1. The Labute approximate surface area is 172 Å². The van der Waals surface area contributed by atoms with Crippen LogP contribution in [-0.4, -0.2) is 21.0 Å². The van der Waals surface area contributed by atoms with Gasteiger partial charge in [0, 0.05) is 6.20 Å². The number of aryl methyl sites for hydroxylation is 2. The molecular weight excluding hydrogens is 384 g/mol. The monoisotopic (exact) mass is 404 g/mol. The van der Waals surface area contributed by atoms with Crippen molar-refractivity contribution in [1.82, 2.24) is 15.1 Å². The molecule has 0 aliphatic rings. The Kier molecular flexibility index (Phi) is 5.56. The van der Waals surface area contributed by atoms with Gasteiger partial charge in [-0.05, 0) is 49.2 Å². The summed E-state index contributed by atoms with van der Waals surface area (Å²) in [5, 5.41) is 6.53. The van der Waals surface area contributed by atoms with Gasteiger partial charge in [-0.2, -0.15) is 0 Å². The van der Waals surface area contributed by atoms with Gasteiger partial charge in [0.05, 0.1) is 11.8 Å². The summed E-state index contributed by atoms with van der Waals surface area (Å²) in [5.41, 5.74) is 2.47. The molecule has 0 bridgehead atoms. The minimum absolute atomic E-state index is 0.129. The lowest BCUT2D eigenvalue weighted by Crippen LogP contribution is -2.17. The maximum atomic E-state index is 12.7. The molecule has 1 amide bonds. The van der Waals surface area contributed by atoms with Crippen molar-refractivity contribution in [3.8, 4) is 17.2 Å². The molecule has 0 saturated carbocycles. The number of amides is 1. The Morgan fingerprint density at radius 2 is 2.00 bits per heavy atom. The maximum Gasteiger partial charge on any atom is 0.280 e. The average Bonchev–Trinajstić information content (AvgIpc) is 3.43. The summed E-state index contributed by atoms with van der Waals surface area (Å²) in [6, 6.07) is 13.0. The van der Waals surface area contributed by atoms with Crippen molar-refractivity contribution >= 4 is 11.9 Å². The van der Waals surface area contributed by atoms with Gasteiger partial charge < -0.3 is 13.7 Å². The molecule has 152 valence electrons. The second-order valence-electron chi connectivity index (χ2n) is 6.55. The fourth-order valence-electron chi connectivity index (χ4n) is 2.86. The smallest absolute Gasteiger partial charge is 0.280 e. The lowest BCUT2D eigenvalue weighted by atomic mass is 10.1. The summed E-state index contributed by atoms with van der Waals surface area (Å²) in [4.78, 5) is 21.1. The summed E-state index contributed by atoms with van der Waals surface area (Å²) < 4.78 is 16.4. The Bertz CT molecular complexity index is 1130. The predicted octanol–water partition coefficient (Wildman–Crippen LogP) is 4.43. The van der Waals surface area contributed by atoms with Crippen LogP contribution in [0.2, 0.25) is 0 Å². The van der Waals surface area contributed by atoms with E-state index in [1.165, 1.54) is 5.56 Å². The van der Waals surface area contributed by atoms with E-state index in [2.05, 4.69) is 27.4 Å². The lowest BCUT2D eigenvalue weighted by Gasteiger charge is -2.08. The number of aromatic nitrogens is 3. The van der Waals surface area contributed by atoms with Crippen LogP contribution in [0.15, 0.2) is 63.9 Å². The van der Waals surface area contributed by atoms with E-state index in [-0.39, 0.29) is 18.2 Å². The van der Waals surface area contributed by atoms with Gasteiger partial charge in [0.1, 0.15) is 23.8 Å². The summed E-state index contributed by atoms with van der Waals surface area (Å²) in [7, 11) is 0. The SMILES string of the molecule is CCc1ccc(OCc2c(C(=O)Nc3nccc(-c4ccco4)n3)noc2C)cc1. The third-order valence-electron chi connectivity index (χ3n) is 4.57. The molecule has 0 saturated heterocycles. The van der Waals surface area contributed by atoms with Crippen molar-refractivity contribution in [1.29, 1.82) is 0 Å². The highest BCUT2D eigenvalue weighted by Gasteiger charge is 2.21. The number of hydrogen-bond donors (Lipinski definition) is 1. The third kappa shape index (κ3) is 4.22. The molecule has 4 rings (SSSR count). The van der Waals surface area contributed by atoms with Crippen LogP contribution in [0, 0.1) is 6.92 Å². The number of rotatable bonds is 7. The van der Waals surface area contributed by atoms with Crippen LogP contribution in [0.1, 0.15) is 34.3 Å². The van der Waals surface area contributed by atoms with Gasteiger partial charge in [-0.15, -0.1) is 0 Å². The molecule has 0 atom stereocenters. The molecule has 8 nitrogen and oxygen atoms in total. The molecule has 1 aromatic carbocycles. The molecule has 0 fully saturated rings. The van der Waals surface area contributed by atoms with E-state index >= 15 is 0 Å². The third-order valence-corrected chi connectivity index (χ3v) is 4.57. The van der Waals surface area contributed by atoms with Crippen LogP contribution in [0.4, 0.5) is 5.95 Å². The van der Waals surface area contributed by atoms with E-state index in [0.29, 0.717) is 28.5 Å². The Balaban J connectivity index is 1.48. The van der Waals surface area contributed by atoms with Crippen molar-refractivity contribution in [2.24, 2.45) is 0 Å². The first-order chi connectivity index (χ1) is 14.6. The number of nitrogens with one attached hydrogen (secondary N) is 1. The highest BCUT2D eigenvalue weighted by molar-refractivity contribution is 6.03. The highest BCUT2D eigenvalue weighted by Crippen LogP contribution is 2.21. The number of nitrogens with zero attached hydrogens (tertiary/aromatic N) is 3. The molecule has 4 aromatic rings. The van der Waals surface area contributed by atoms with Crippen LogP contribution in [0.25, 0.3) is 11.5 Å². The van der Waals surface area contributed by atoms with E-state index in [9.17, 15) is 4.79 Å². The summed E-state index contributed by atoms with van der Waals surface area (Å²) >= 11 is 0. The molecule has 8 heteroatoms. The van der Waals surface area contributed by atoms with Crippen molar-refractivity contribution in [3.63, 3.8) is 0 Å². The standard InChI is InChI=1S/C22H20N4O4/c1-3-15-6-8-16(9-7-15)29-13-17-14(2)30-26-20(17)21(27)25-22-23-11-10-18(24-22)19-5-4-12-28-19/h4-12H,3,13H2,1-2H3,(H,23,24,25,27). The van der Waals surface area contributed by atoms with Gasteiger partial charge in [0.2, 0.25) is 5.95 Å². The van der Waals surface area contributed by atoms with Crippen molar-refractivity contribution in [2.75, 3.05) is 5.32 Å². The van der Waals surface area contributed by atoms with E-state index in [0.717, 1.165) is 6.42 Å². The molecule has 0 aliphatic heterocycles. The molecular formula is C22H20N4O4. The number of hydrogen-bond acceptors (Lipinski definition) is 7. The summed E-state index contributed by atoms with van der Waals surface area (Å²) in [6.45, 7) is 3.98. The van der Waals surface area contributed by atoms with E-state index in [1.54, 1.807) is 37.6 Å². The fourth-order valence-corrected chi connectivity index (χ4v) is 2.86. The minimum Gasteiger partial charge on any atom is -0.489 e. The van der Waals surface area contributed by atoms with Crippen molar-refractivity contribution in [2.45, 2.75) is 26.9 Å². The molecule has 0 aliphatic carbocycles. The van der Waals surface area contributed by atoms with Gasteiger partial charge in [-0.1, -0.05) is 24.2 Å². The van der Waals surface area contributed by atoms with Crippen LogP contribution in [0.3, 0.4) is 0 Å². The van der Waals surface area contributed by atoms with Gasteiger partial charge in [-0.3, -0.25) is 10.1 Å². The Morgan fingerprint density at radius 3 is 2.73 bits per heavy atom. The van der Waals surface area contributed by atoms with Crippen LogP contribution >= 0.6 is 0 Å². The Hall–Kier alpha value is -3.94. The topological polar surface area (TPSA) is 103 Å². The normalized spacial score (nSPS) is 10.7. The lowest BCUT2D eigenvalue weighted by molar-refractivity contribution is 0.101. The molecule has 1 N–H and O–H groups in total. The number of anilines is 1. The number of carbonyl (C=O) groups excluding carboxylic acids is 1. The predicted molar refractivity (Wildman–Crippen MR) is 109 cm³/mol. The van der Waals surface area contributed by atoms with E-state index in [1.807, 2.05) is 24.3 Å². The zero-order valence-corrected chi connectivity index (χ0v) is 16.6. The minimum atomic E-state index is -0.483. The first kappa shape index (κ1) is 19.4. The van der Waals surface area contributed by atoms with E-state index < -0.39 is 5.91 Å². The molecule has 0 spiro atoms. The molecule has 30 heavy (non-hydrogen) atoms. The molecule has 0 radical (unpaired) electrons. The molecule has 0 unspecified atom stereocenters. The summed E-state index contributed by atoms with van der Waals surface area (Å²) in [6.07, 6.45) is 4.05. The van der Waals surface area contributed by atoms with Gasteiger partial charge in [-0.25, -0.2) is 9.97 Å². The second kappa shape index (κ2) is 8.60. The largest absolute Gasteiger partial charge is 0.489 e. The van der Waals surface area contributed by atoms with Gasteiger partial charge in [0.15, 0.2) is 11.5 Å². The first-order valence-corrected chi connectivity index (χ1v) is 9.49. The Morgan fingerprint density at radius 1 is 1.17 bits per heavy atom.